The molecule has 0 saturated heterocycles. The van der Waals surface area contributed by atoms with Crippen molar-refractivity contribution >= 4 is 0 Å². The highest BCUT2D eigenvalue weighted by molar-refractivity contribution is 5.18. The van der Waals surface area contributed by atoms with E-state index in [0.717, 1.165) is 12.1 Å². The maximum Gasteiger partial charge on any atom is 0.0273 e. The van der Waals surface area contributed by atoms with Crippen molar-refractivity contribution in [3.8, 4) is 0 Å². The van der Waals surface area contributed by atoms with Gasteiger partial charge in [0, 0.05) is 5.70 Å². The highest BCUT2D eigenvalue weighted by atomic mass is 14.5. The minimum Gasteiger partial charge on any atom is -0.399 e. The molecule has 0 saturated carbocycles. The molecule has 0 aromatic rings. The van der Waals surface area contributed by atoms with Crippen molar-refractivity contribution in [3.05, 3.63) is 36.1 Å². The summed E-state index contributed by atoms with van der Waals surface area (Å²) in [5, 5.41) is 0. The topological polar surface area (TPSA) is 26.0 Å². The van der Waals surface area contributed by atoms with Crippen LogP contribution in [-0.2, 0) is 0 Å². The molecule has 0 aliphatic carbocycles. The molecule has 0 heterocycles. The number of rotatable bonds is 3. The standard InChI is InChI=1S/C9H15N/c1-3-5-6-8-9(10)7-4-2/h3,5-8H,4,10H2,1-2H3/b5-3-,8-6-,9-7-. The Morgan fingerprint density at radius 3 is 2.60 bits per heavy atom. The zero-order chi connectivity index (χ0) is 7.82. The molecule has 0 bridgehead atoms. The van der Waals surface area contributed by atoms with E-state index in [-0.39, 0.29) is 0 Å². The fourth-order valence-electron chi connectivity index (χ4n) is 0.582. The molecule has 0 aromatic heterocycles. The van der Waals surface area contributed by atoms with Gasteiger partial charge in [-0.1, -0.05) is 31.2 Å². The van der Waals surface area contributed by atoms with Crippen molar-refractivity contribution in [1.82, 2.24) is 0 Å². The van der Waals surface area contributed by atoms with E-state index in [1.807, 2.05) is 37.3 Å². The normalized spacial score (nSPS) is 13.6. The Morgan fingerprint density at radius 1 is 1.40 bits per heavy atom. The second-order valence-electron chi connectivity index (χ2n) is 2.00. The van der Waals surface area contributed by atoms with Crippen molar-refractivity contribution in [1.29, 1.82) is 0 Å². The molecule has 0 aliphatic heterocycles. The lowest BCUT2D eigenvalue weighted by Crippen LogP contribution is -1.90. The molecule has 56 valence electrons. The van der Waals surface area contributed by atoms with Crippen LogP contribution in [0.1, 0.15) is 20.3 Å². The summed E-state index contributed by atoms with van der Waals surface area (Å²) in [6.07, 6.45) is 10.7. The van der Waals surface area contributed by atoms with E-state index in [2.05, 4.69) is 6.92 Å². The first-order chi connectivity index (χ1) is 4.81. The summed E-state index contributed by atoms with van der Waals surface area (Å²) >= 11 is 0. The number of allylic oxidation sites excluding steroid dienone is 5. The molecular formula is C9H15N. The van der Waals surface area contributed by atoms with E-state index in [4.69, 9.17) is 5.73 Å². The highest BCUT2D eigenvalue weighted by Gasteiger charge is 1.75. The van der Waals surface area contributed by atoms with E-state index in [9.17, 15) is 0 Å². The molecule has 0 aromatic carbocycles. The highest BCUT2D eigenvalue weighted by Crippen LogP contribution is 1.89. The van der Waals surface area contributed by atoms with Crippen LogP contribution in [0.25, 0.3) is 0 Å². The first-order valence-electron chi connectivity index (χ1n) is 3.56. The summed E-state index contributed by atoms with van der Waals surface area (Å²) in [6, 6.07) is 0. The third-order valence-electron chi connectivity index (χ3n) is 1.03. The van der Waals surface area contributed by atoms with Gasteiger partial charge in [-0.15, -0.1) is 0 Å². The van der Waals surface area contributed by atoms with Gasteiger partial charge in [0.15, 0.2) is 0 Å². The second kappa shape index (κ2) is 6.14. The van der Waals surface area contributed by atoms with Crippen LogP contribution in [-0.4, -0.2) is 0 Å². The van der Waals surface area contributed by atoms with Gasteiger partial charge in [-0.2, -0.15) is 0 Å². The lowest BCUT2D eigenvalue weighted by atomic mass is 10.3. The van der Waals surface area contributed by atoms with Gasteiger partial charge < -0.3 is 5.73 Å². The molecule has 1 heteroatoms. The lowest BCUT2D eigenvalue weighted by molar-refractivity contribution is 1.18. The maximum absolute atomic E-state index is 5.57. The molecule has 0 radical (unpaired) electrons. The van der Waals surface area contributed by atoms with E-state index in [1.54, 1.807) is 0 Å². The molecule has 2 N–H and O–H groups in total. The number of nitrogens with two attached hydrogens (primary N) is 1. The number of hydrogen-bond acceptors (Lipinski definition) is 1. The van der Waals surface area contributed by atoms with Gasteiger partial charge in [0.05, 0.1) is 0 Å². The Balaban J connectivity index is 3.76. The summed E-state index contributed by atoms with van der Waals surface area (Å²) in [5.74, 6) is 0. The second-order valence-corrected chi connectivity index (χ2v) is 2.00. The van der Waals surface area contributed by atoms with Gasteiger partial charge in [-0.05, 0) is 19.4 Å². The summed E-state index contributed by atoms with van der Waals surface area (Å²) in [5.41, 5.74) is 6.40. The van der Waals surface area contributed by atoms with Gasteiger partial charge in [-0.3, -0.25) is 0 Å². The predicted molar refractivity (Wildman–Crippen MR) is 46.5 cm³/mol. The van der Waals surface area contributed by atoms with Gasteiger partial charge in [0.25, 0.3) is 0 Å². The van der Waals surface area contributed by atoms with Crippen molar-refractivity contribution in [2.24, 2.45) is 5.73 Å². The Labute approximate surface area is 62.9 Å². The van der Waals surface area contributed by atoms with Crippen molar-refractivity contribution in [3.63, 3.8) is 0 Å². The smallest absolute Gasteiger partial charge is 0.0273 e. The van der Waals surface area contributed by atoms with E-state index in [1.165, 1.54) is 0 Å². The van der Waals surface area contributed by atoms with Crippen molar-refractivity contribution < 1.29 is 0 Å². The first kappa shape index (κ1) is 9.02. The minimum absolute atomic E-state index is 0.834. The summed E-state index contributed by atoms with van der Waals surface area (Å²) < 4.78 is 0. The first-order valence-corrected chi connectivity index (χ1v) is 3.56. The molecule has 0 spiro atoms. The van der Waals surface area contributed by atoms with Crippen LogP contribution in [0.15, 0.2) is 36.1 Å². The molecule has 0 amide bonds. The summed E-state index contributed by atoms with van der Waals surface area (Å²) in [6.45, 7) is 4.04. The molecule has 10 heavy (non-hydrogen) atoms. The monoisotopic (exact) mass is 137 g/mol. The van der Waals surface area contributed by atoms with Crippen LogP contribution < -0.4 is 5.73 Å². The number of hydrogen-bond donors (Lipinski definition) is 1. The Kier molecular flexibility index (Phi) is 5.54. The fourth-order valence-corrected chi connectivity index (χ4v) is 0.582. The maximum atomic E-state index is 5.57. The van der Waals surface area contributed by atoms with Gasteiger partial charge in [0.1, 0.15) is 0 Å². The van der Waals surface area contributed by atoms with Crippen molar-refractivity contribution in [2.75, 3.05) is 0 Å². The quantitative estimate of drug-likeness (QED) is 0.594. The largest absolute Gasteiger partial charge is 0.399 e. The summed E-state index contributed by atoms with van der Waals surface area (Å²) in [4.78, 5) is 0. The van der Waals surface area contributed by atoms with Gasteiger partial charge in [0.2, 0.25) is 0 Å². The molecule has 0 atom stereocenters. The predicted octanol–water partition coefficient (Wildman–Crippen LogP) is 2.37. The molecule has 0 unspecified atom stereocenters. The molecular weight excluding hydrogens is 122 g/mol. The lowest BCUT2D eigenvalue weighted by Gasteiger charge is -1.87. The third-order valence-corrected chi connectivity index (χ3v) is 1.03. The van der Waals surface area contributed by atoms with Crippen molar-refractivity contribution in [2.45, 2.75) is 20.3 Å². The van der Waals surface area contributed by atoms with E-state index in [0.29, 0.717) is 0 Å². The van der Waals surface area contributed by atoms with Crippen LogP contribution in [0.3, 0.4) is 0 Å². The summed E-state index contributed by atoms with van der Waals surface area (Å²) in [7, 11) is 0. The minimum atomic E-state index is 0.834. The van der Waals surface area contributed by atoms with Crippen LogP contribution in [0.2, 0.25) is 0 Å². The Hall–Kier alpha value is -0.980. The van der Waals surface area contributed by atoms with Crippen LogP contribution in [0, 0.1) is 0 Å². The molecule has 0 fully saturated rings. The average Bonchev–Trinajstić information content (AvgIpc) is 1.89. The third kappa shape index (κ3) is 5.16. The van der Waals surface area contributed by atoms with Gasteiger partial charge in [-0.25, -0.2) is 0 Å². The zero-order valence-corrected chi connectivity index (χ0v) is 6.67. The SMILES string of the molecule is C\C=C/C=C\C(N)=C\CC. The Bertz CT molecular complexity index is 152. The van der Waals surface area contributed by atoms with Crippen LogP contribution in [0.4, 0.5) is 0 Å². The van der Waals surface area contributed by atoms with Crippen LogP contribution >= 0.6 is 0 Å². The van der Waals surface area contributed by atoms with Crippen LogP contribution in [0.5, 0.6) is 0 Å². The molecule has 1 nitrogen and oxygen atoms in total. The molecule has 0 aliphatic rings. The van der Waals surface area contributed by atoms with Gasteiger partial charge >= 0.3 is 0 Å². The average molecular weight is 137 g/mol. The fraction of sp³-hybridized carbons (Fsp3) is 0.333. The van der Waals surface area contributed by atoms with E-state index < -0.39 is 0 Å². The van der Waals surface area contributed by atoms with E-state index >= 15 is 0 Å². The zero-order valence-electron chi connectivity index (χ0n) is 6.67. The molecule has 0 rings (SSSR count). The Morgan fingerprint density at radius 2 is 2.10 bits per heavy atom.